The van der Waals surface area contributed by atoms with Crippen LogP contribution in [-0.4, -0.2) is 53.3 Å². The van der Waals surface area contributed by atoms with Gasteiger partial charge in [0.25, 0.3) is 0 Å². The summed E-state index contributed by atoms with van der Waals surface area (Å²) in [6.07, 6.45) is -0.209. The zero-order valence-corrected chi connectivity index (χ0v) is 8.94. The fourth-order valence-corrected chi connectivity index (χ4v) is 1.90. The molecule has 1 aliphatic rings. The fraction of sp³-hybridized carbons (Fsp3) is 0.556. The lowest BCUT2D eigenvalue weighted by Crippen LogP contribution is -2.51. The van der Waals surface area contributed by atoms with Crippen molar-refractivity contribution in [3.05, 3.63) is 16.6 Å². The number of esters is 1. The SMILES string of the molecule is O=C(OCCN1CC(O)C1)c1cscn1. The Morgan fingerprint density at radius 2 is 2.53 bits per heavy atom. The van der Waals surface area contributed by atoms with E-state index in [2.05, 4.69) is 4.98 Å². The van der Waals surface area contributed by atoms with Crippen LogP contribution in [0.4, 0.5) is 0 Å². The topological polar surface area (TPSA) is 62.7 Å². The van der Waals surface area contributed by atoms with Crippen molar-refractivity contribution in [2.24, 2.45) is 0 Å². The Morgan fingerprint density at radius 3 is 3.13 bits per heavy atom. The summed E-state index contributed by atoms with van der Waals surface area (Å²) < 4.78 is 5.01. The number of thiazole rings is 1. The number of likely N-dealkylation sites (tertiary alicyclic amines) is 1. The molecule has 1 saturated heterocycles. The predicted octanol–water partition coefficient (Wildman–Crippen LogP) is -0.0236. The molecule has 1 fully saturated rings. The van der Waals surface area contributed by atoms with Crippen molar-refractivity contribution in [1.82, 2.24) is 9.88 Å². The van der Waals surface area contributed by atoms with Crippen molar-refractivity contribution >= 4 is 17.3 Å². The van der Waals surface area contributed by atoms with E-state index < -0.39 is 0 Å². The molecule has 0 radical (unpaired) electrons. The number of hydrogen-bond donors (Lipinski definition) is 1. The molecular formula is C9H12N2O3S. The molecule has 2 rings (SSSR count). The highest BCUT2D eigenvalue weighted by atomic mass is 32.1. The predicted molar refractivity (Wildman–Crippen MR) is 54.8 cm³/mol. The summed E-state index contributed by atoms with van der Waals surface area (Å²) in [5.74, 6) is -0.377. The third kappa shape index (κ3) is 2.74. The number of β-amino-alcohol motifs (C(OH)–C–C–N with tert-alkyl or cyclic N) is 1. The summed E-state index contributed by atoms with van der Waals surface area (Å²) in [4.78, 5) is 17.2. The maximum Gasteiger partial charge on any atom is 0.357 e. The fourth-order valence-electron chi connectivity index (χ4n) is 1.38. The van der Waals surface area contributed by atoms with E-state index in [1.54, 1.807) is 10.9 Å². The van der Waals surface area contributed by atoms with Gasteiger partial charge in [-0.1, -0.05) is 0 Å². The Morgan fingerprint density at radius 1 is 1.73 bits per heavy atom. The first-order valence-electron chi connectivity index (χ1n) is 4.71. The van der Waals surface area contributed by atoms with E-state index in [9.17, 15) is 4.79 Å². The van der Waals surface area contributed by atoms with Gasteiger partial charge in [0, 0.05) is 25.0 Å². The molecule has 5 nitrogen and oxygen atoms in total. The first-order chi connectivity index (χ1) is 7.25. The highest BCUT2D eigenvalue weighted by Crippen LogP contribution is 2.07. The zero-order chi connectivity index (χ0) is 10.7. The number of aliphatic hydroxyl groups excluding tert-OH is 1. The van der Waals surface area contributed by atoms with Gasteiger partial charge in [0.1, 0.15) is 6.61 Å². The van der Waals surface area contributed by atoms with Crippen molar-refractivity contribution in [2.45, 2.75) is 6.10 Å². The molecule has 1 aliphatic heterocycles. The van der Waals surface area contributed by atoms with Crippen molar-refractivity contribution in [1.29, 1.82) is 0 Å². The van der Waals surface area contributed by atoms with E-state index in [0.717, 1.165) is 0 Å². The lowest BCUT2D eigenvalue weighted by molar-refractivity contribution is -0.0111. The van der Waals surface area contributed by atoms with Crippen molar-refractivity contribution in [2.75, 3.05) is 26.2 Å². The molecule has 82 valence electrons. The molecule has 0 atom stereocenters. The highest BCUT2D eigenvalue weighted by Gasteiger charge is 2.23. The molecule has 1 aromatic heterocycles. The third-order valence-electron chi connectivity index (χ3n) is 2.22. The maximum absolute atomic E-state index is 11.3. The molecule has 0 aromatic carbocycles. The lowest BCUT2D eigenvalue weighted by atomic mass is 10.2. The van der Waals surface area contributed by atoms with E-state index >= 15 is 0 Å². The van der Waals surface area contributed by atoms with Gasteiger partial charge >= 0.3 is 5.97 Å². The maximum atomic E-state index is 11.3. The second kappa shape index (κ2) is 4.69. The first kappa shape index (κ1) is 10.5. The molecule has 1 N–H and O–H groups in total. The van der Waals surface area contributed by atoms with Crippen molar-refractivity contribution < 1.29 is 14.6 Å². The third-order valence-corrected chi connectivity index (χ3v) is 2.81. The average molecular weight is 228 g/mol. The van der Waals surface area contributed by atoms with E-state index in [4.69, 9.17) is 9.84 Å². The summed E-state index contributed by atoms with van der Waals surface area (Å²) >= 11 is 1.37. The summed E-state index contributed by atoms with van der Waals surface area (Å²) in [6, 6.07) is 0. The monoisotopic (exact) mass is 228 g/mol. The van der Waals surface area contributed by atoms with Crippen LogP contribution in [0.1, 0.15) is 10.5 Å². The van der Waals surface area contributed by atoms with E-state index in [-0.39, 0.29) is 12.1 Å². The number of rotatable bonds is 4. The van der Waals surface area contributed by atoms with Crippen LogP contribution in [0, 0.1) is 0 Å². The van der Waals surface area contributed by atoms with Crippen LogP contribution in [0.5, 0.6) is 0 Å². The highest BCUT2D eigenvalue weighted by molar-refractivity contribution is 7.07. The molecule has 1 aromatic rings. The van der Waals surface area contributed by atoms with Gasteiger partial charge in [-0.3, -0.25) is 4.90 Å². The number of carbonyl (C=O) groups excluding carboxylic acids is 1. The summed E-state index contributed by atoms with van der Waals surface area (Å²) in [6.45, 7) is 2.37. The second-order valence-corrected chi connectivity index (χ2v) is 4.14. The normalized spacial score (nSPS) is 17.4. The van der Waals surface area contributed by atoms with E-state index in [0.29, 0.717) is 31.9 Å². The molecule has 0 bridgehead atoms. The van der Waals surface area contributed by atoms with Crippen LogP contribution in [0.25, 0.3) is 0 Å². The van der Waals surface area contributed by atoms with Crippen LogP contribution in [0.15, 0.2) is 10.9 Å². The van der Waals surface area contributed by atoms with Crippen molar-refractivity contribution in [3.8, 4) is 0 Å². The lowest BCUT2D eigenvalue weighted by Gasteiger charge is -2.35. The Balaban J connectivity index is 1.64. The number of nitrogens with zero attached hydrogens (tertiary/aromatic N) is 2. The first-order valence-corrected chi connectivity index (χ1v) is 5.65. The Bertz CT molecular complexity index is 322. The van der Waals surface area contributed by atoms with Crippen LogP contribution in [0.3, 0.4) is 0 Å². The van der Waals surface area contributed by atoms with Crippen LogP contribution >= 0.6 is 11.3 Å². The standard InChI is InChI=1S/C9H12N2O3S/c12-7-3-11(4-7)1-2-14-9(13)8-5-15-6-10-8/h5-7,12H,1-4H2. The molecule has 15 heavy (non-hydrogen) atoms. The Hall–Kier alpha value is -0.980. The Kier molecular flexibility index (Phi) is 3.30. The van der Waals surface area contributed by atoms with Crippen LogP contribution < -0.4 is 0 Å². The Labute approximate surface area is 91.3 Å². The van der Waals surface area contributed by atoms with Gasteiger partial charge in [-0.05, 0) is 0 Å². The number of aliphatic hydroxyl groups is 1. The minimum atomic E-state index is -0.377. The molecule has 6 heteroatoms. The smallest absolute Gasteiger partial charge is 0.357 e. The molecule has 2 heterocycles. The molecule has 0 amide bonds. The molecule has 0 saturated carbocycles. The minimum Gasteiger partial charge on any atom is -0.460 e. The van der Waals surface area contributed by atoms with Crippen LogP contribution in [0.2, 0.25) is 0 Å². The summed E-state index contributed by atoms with van der Waals surface area (Å²) in [5, 5.41) is 10.7. The summed E-state index contributed by atoms with van der Waals surface area (Å²) in [7, 11) is 0. The number of aromatic nitrogens is 1. The van der Waals surface area contributed by atoms with E-state index in [1.165, 1.54) is 11.3 Å². The average Bonchev–Trinajstić information content (AvgIpc) is 2.67. The van der Waals surface area contributed by atoms with Gasteiger partial charge in [-0.15, -0.1) is 11.3 Å². The minimum absolute atomic E-state index is 0.209. The van der Waals surface area contributed by atoms with E-state index in [1.807, 2.05) is 4.90 Å². The quantitative estimate of drug-likeness (QED) is 0.734. The van der Waals surface area contributed by atoms with Gasteiger partial charge in [0.15, 0.2) is 5.69 Å². The number of carbonyl (C=O) groups is 1. The van der Waals surface area contributed by atoms with Gasteiger partial charge in [-0.2, -0.15) is 0 Å². The van der Waals surface area contributed by atoms with Gasteiger partial charge in [0.2, 0.25) is 0 Å². The van der Waals surface area contributed by atoms with Gasteiger partial charge in [-0.25, -0.2) is 9.78 Å². The molecule has 0 spiro atoms. The number of ether oxygens (including phenoxy) is 1. The molecular weight excluding hydrogens is 216 g/mol. The molecule has 0 aliphatic carbocycles. The van der Waals surface area contributed by atoms with Crippen molar-refractivity contribution in [3.63, 3.8) is 0 Å². The van der Waals surface area contributed by atoms with Gasteiger partial charge in [0.05, 0.1) is 11.6 Å². The number of hydrogen-bond acceptors (Lipinski definition) is 6. The summed E-state index contributed by atoms with van der Waals surface area (Å²) in [5.41, 5.74) is 1.96. The van der Waals surface area contributed by atoms with Gasteiger partial charge < -0.3 is 9.84 Å². The second-order valence-electron chi connectivity index (χ2n) is 3.42. The zero-order valence-electron chi connectivity index (χ0n) is 8.13. The van der Waals surface area contributed by atoms with Crippen LogP contribution in [-0.2, 0) is 4.74 Å². The largest absolute Gasteiger partial charge is 0.460 e. The molecule has 0 unspecified atom stereocenters.